The van der Waals surface area contributed by atoms with Crippen LogP contribution in [0.4, 0.5) is 5.69 Å². The van der Waals surface area contributed by atoms with Gasteiger partial charge in [0.15, 0.2) is 0 Å². The molecule has 0 spiro atoms. The molecule has 0 aliphatic heterocycles. The fraction of sp³-hybridized carbons (Fsp3) is 0.0370. The van der Waals surface area contributed by atoms with E-state index in [0.717, 1.165) is 34.8 Å². The van der Waals surface area contributed by atoms with Crippen molar-refractivity contribution in [2.45, 2.75) is 6.54 Å². The van der Waals surface area contributed by atoms with E-state index in [9.17, 15) is 0 Å². The zero-order chi connectivity index (χ0) is 19.7. The summed E-state index contributed by atoms with van der Waals surface area (Å²) in [6.07, 6.45) is 0. The smallest absolute Gasteiger partial charge is 0.112 e. The minimum atomic E-state index is 0.735. The van der Waals surface area contributed by atoms with Gasteiger partial charge in [0.1, 0.15) is 5.82 Å². The SMILES string of the molecule is c1ccc(CNC(Nc2ccccc2)=C(c2ccccc2)c2ccccc2)cc1. The molecule has 0 saturated heterocycles. The van der Waals surface area contributed by atoms with Gasteiger partial charge in [0.25, 0.3) is 0 Å². The first kappa shape index (κ1) is 18.6. The minimum Gasteiger partial charge on any atom is -0.367 e. The quantitative estimate of drug-likeness (QED) is 0.395. The number of hydrogen-bond donors (Lipinski definition) is 2. The van der Waals surface area contributed by atoms with Gasteiger partial charge in [-0.1, -0.05) is 109 Å². The molecular weight excluding hydrogens is 352 g/mol. The summed E-state index contributed by atoms with van der Waals surface area (Å²) in [5.74, 6) is 0.984. The van der Waals surface area contributed by atoms with Crippen molar-refractivity contribution in [3.8, 4) is 0 Å². The van der Waals surface area contributed by atoms with Gasteiger partial charge >= 0.3 is 0 Å². The number of anilines is 1. The van der Waals surface area contributed by atoms with Crippen molar-refractivity contribution in [2.75, 3.05) is 5.32 Å². The van der Waals surface area contributed by atoms with Gasteiger partial charge in [-0.15, -0.1) is 0 Å². The Morgan fingerprint density at radius 2 is 0.966 bits per heavy atom. The number of para-hydroxylation sites is 1. The normalized spacial score (nSPS) is 10.2. The van der Waals surface area contributed by atoms with Crippen LogP contribution in [-0.4, -0.2) is 0 Å². The van der Waals surface area contributed by atoms with Crippen LogP contribution in [0.5, 0.6) is 0 Å². The maximum absolute atomic E-state index is 3.65. The highest BCUT2D eigenvalue weighted by Gasteiger charge is 2.12. The van der Waals surface area contributed by atoms with E-state index < -0.39 is 0 Å². The Bertz CT molecular complexity index is 999. The molecular formula is C27H24N2. The second kappa shape index (κ2) is 9.43. The van der Waals surface area contributed by atoms with Crippen molar-refractivity contribution < 1.29 is 0 Å². The largest absolute Gasteiger partial charge is 0.367 e. The second-order valence-electron chi connectivity index (χ2n) is 6.81. The molecule has 0 atom stereocenters. The molecule has 0 fully saturated rings. The lowest BCUT2D eigenvalue weighted by molar-refractivity contribution is 0.819. The van der Waals surface area contributed by atoms with E-state index in [0.29, 0.717) is 0 Å². The standard InChI is InChI=1S/C27H24N2/c1-5-13-22(14-6-1)21-28-27(29-25-19-11-4-12-20-25)26(23-15-7-2-8-16-23)24-17-9-3-10-18-24/h1-20,28-29H,21H2. The van der Waals surface area contributed by atoms with Crippen molar-refractivity contribution in [1.82, 2.24) is 5.32 Å². The molecule has 0 bridgehead atoms. The summed E-state index contributed by atoms with van der Waals surface area (Å²) in [4.78, 5) is 0. The molecule has 2 N–H and O–H groups in total. The van der Waals surface area contributed by atoms with Crippen LogP contribution in [0.2, 0.25) is 0 Å². The van der Waals surface area contributed by atoms with E-state index in [4.69, 9.17) is 0 Å². The lowest BCUT2D eigenvalue weighted by Crippen LogP contribution is -2.21. The van der Waals surface area contributed by atoms with Gasteiger partial charge in [-0.25, -0.2) is 0 Å². The average molecular weight is 377 g/mol. The molecule has 0 unspecified atom stereocenters. The van der Waals surface area contributed by atoms with Crippen molar-refractivity contribution in [3.05, 3.63) is 144 Å². The van der Waals surface area contributed by atoms with E-state index in [2.05, 4.69) is 95.6 Å². The molecule has 4 aromatic rings. The molecule has 0 amide bonds. The Balaban J connectivity index is 1.80. The van der Waals surface area contributed by atoms with Gasteiger partial charge < -0.3 is 10.6 Å². The fourth-order valence-electron chi connectivity index (χ4n) is 3.31. The Hall–Kier alpha value is -3.78. The molecule has 29 heavy (non-hydrogen) atoms. The summed E-state index contributed by atoms with van der Waals surface area (Å²) in [6, 6.07) is 41.8. The van der Waals surface area contributed by atoms with Crippen molar-refractivity contribution >= 4 is 11.3 Å². The maximum Gasteiger partial charge on any atom is 0.112 e. The van der Waals surface area contributed by atoms with Crippen molar-refractivity contribution in [1.29, 1.82) is 0 Å². The Labute approximate surface area is 172 Å². The molecule has 0 saturated carbocycles. The predicted molar refractivity (Wildman–Crippen MR) is 122 cm³/mol. The molecule has 4 rings (SSSR count). The molecule has 0 aliphatic rings. The van der Waals surface area contributed by atoms with Crippen LogP contribution in [0.3, 0.4) is 0 Å². The molecule has 0 heterocycles. The molecule has 0 aromatic heterocycles. The average Bonchev–Trinajstić information content (AvgIpc) is 2.80. The summed E-state index contributed by atoms with van der Waals surface area (Å²) < 4.78 is 0. The zero-order valence-electron chi connectivity index (χ0n) is 16.3. The van der Waals surface area contributed by atoms with Crippen LogP contribution in [0.25, 0.3) is 5.57 Å². The lowest BCUT2D eigenvalue weighted by Gasteiger charge is -2.20. The summed E-state index contributed by atoms with van der Waals surface area (Å²) in [7, 11) is 0. The van der Waals surface area contributed by atoms with Crippen LogP contribution < -0.4 is 10.6 Å². The monoisotopic (exact) mass is 376 g/mol. The lowest BCUT2D eigenvalue weighted by atomic mass is 9.97. The molecule has 2 heteroatoms. The maximum atomic E-state index is 3.65. The molecule has 0 aliphatic carbocycles. The van der Waals surface area contributed by atoms with Crippen LogP contribution in [0.1, 0.15) is 16.7 Å². The van der Waals surface area contributed by atoms with Crippen molar-refractivity contribution in [3.63, 3.8) is 0 Å². The Morgan fingerprint density at radius 1 is 0.517 bits per heavy atom. The second-order valence-corrected chi connectivity index (χ2v) is 6.81. The van der Waals surface area contributed by atoms with Gasteiger partial charge in [0, 0.05) is 17.8 Å². The highest BCUT2D eigenvalue weighted by atomic mass is 15.1. The molecule has 0 radical (unpaired) electrons. The van der Waals surface area contributed by atoms with Gasteiger partial charge in [-0.05, 0) is 28.8 Å². The zero-order valence-corrected chi connectivity index (χ0v) is 16.3. The van der Waals surface area contributed by atoms with E-state index in [1.807, 2.05) is 36.4 Å². The predicted octanol–water partition coefficient (Wildman–Crippen LogP) is 6.31. The number of rotatable bonds is 7. The Kier molecular flexibility index (Phi) is 6.04. The fourth-order valence-corrected chi connectivity index (χ4v) is 3.31. The van der Waals surface area contributed by atoms with Crippen LogP contribution in [0.15, 0.2) is 127 Å². The summed E-state index contributed by atoms with van der Waals surface area (Å²) >= 11 is 0. The molecule has 2 nitrogen and oxygen atoms in total. The highest BCUT2D eigenvalue weighted by molar-refractivity contribution is 5.83. The third-order valence-corrected chi connectivity index (χ3v) is 4.73. The Morgan fingerprint density at radius 3 is 1.48 bits per heavy atom. The van der Waals surface area contributed by atoms with Gasteiger partial charge in [-0.2, -0.15) is 0 Å². The third-order valence-electron chi connectivity index (χ3n) is 4.73. The van der Waals surface area contributed by atoms with E-state index in [-0.39, 0.29) is 0 Å². The number of hydrogen-bond acceptors (Lipinski definition) is 2. The molecule has 4 aromatic carbocycles. The minimum absolute atomic E-state index is 0.735. The topological polar surface area (TPSA) is 24.1 Å². The van der Waals surface area contributed by atoms with E-state index in [1.165, 1.54) is 5.56 Å². The first-order valence-electron chi connectivity index (χ1n) is 9.85. The first-order valence-corrected chi connectivity index (χ1v) is 9.85. The summed E-state index contributed by atoms with van der Waals surface area (Å²) in [5, 5.41) is 7.26. The van der Waals surface area contributed by atoms with Gasteiger partial charge in [-0.3, -0.25) is 0 Å². The number of benzene rings is 4. The van der Waals surface area contributed by atoms with Crippen LogP contribution in [-0.2, 0) is 6.54 Å². The number of nitrogens with one attached hydrogen (secondary N) is 2. The molecule has 142 valence electrons. The first-order chi connectivity index (χ1) is 14.4. The highest BCUT2D eigenvalue weighted by Crippen LogP contribution is 2.27. The summed E-state index contributed by atoms with van der Waals surface area (Å²) in [6.45, 7) is 0.735. The van der Waals surface area contributed by atoms with E-state index >= 15 is 0 Å². The van der Waals surface area contributed by atoms with Crippen LogP contribution >= 0.6 is 0 Å². The van der Waals surface area contributed by atoms with E-state index in [1.54, 1.807) is 0 Å². The third kappa shape index (κ3) is 4.94. The van der Waals surface area contributed by atoms with Gasteiger partial charge in [0.2, 0.25) is 0 Å². The van der Waals surface area contributed by atoms with Crippen LogP contribution in [0, 0.1) is 0 Å². The van der Waals surface area contributed by atoms with Gasteiger partial charge in [0.05, 0.1) is 0 Å². The van der Waals surface area contributed by atoms with Crippen molar-refractivity contribution in [2.24, 2.45) is 0 Å². The summed E-state index contributed by atoms with van der Waals surface area (Å²) in [5.41, 5.74) is 5.76.